The molecule has 1 fully saturated rings. The van der Waals surface area contributed by atoms with E-state index >= 15 is 0 Å². The fourth-order valence-corrected chi connectivity index (χ4v) is 2.60. The number of hydrogen-bond donors (Lipinski definition) is 1. The molecule has 0 aliphatic carbocycles. The molecule has 2 rings (SSSR count). The van der Waals surface area contributed by atoms with Gasteiger partial charge in [0.1, 0.15) is 0 Å². The molecular weight excluding hydrogens is 210 g/mol. The van der Waals surface area contributed by atoms with Gasteiger partial charge in [-0.1, -0.05) is 6.07 Å². The molecule has 1 saturated heterocycles. The Balaban J connectivity index is 1.86. The number of aromatic nitrogens is 1. The van der Waals surface area contributed by atoms with Gasteiger partial charge < -0.3 is 5.73 Å². The standard InChI is InChI=1S/C14H23N3/c1-11-7-13(9-16-8-11)10-17-5-3-14(4-6-17)12(2)15/h7-9,12,14H,3-6,10,15H2,1-2H3. The molecule has 0 bridgehead atoms. The van der Waals surface area contributed by atoms with Crippen molar-refractivity contribution < 1.29 is 0 Å². The third kappa shape index (κ3) is 3.51. The molecule has 3 nitrogen and oxygen atoms in total. The number of rotatable bonds is 3. The third-order valence-electron chi connectivity index (χ3n) is 3.71. The van der Waals surface area contributed by atoms with E-state index in [1.807, 2.05) is 12.4 Å². The Bertz CT molecular complexity index is 354. The average Bonchev–Trinajstić information content (AvgIpc) is 2.29. The van der Waals surface area contributed by atoms with E-state index in [1.54, 1.807) is 0 Å². The van der Waals surface area contributed by atoms with Gasteiger partial charge in [-0.15, -0.1) is 0 Å². The monoisotopic (exact) mass is 233 g/mol. The molecule has 1 unspecified atom stereocenters. The highest BCUT2D eigenvalue weighted by Crippen LogP contribution is 2.20. The van der Waals surface area contributed by atoms with E-state index in [9.17, 15) is 0 Å². The summed E-state index contributed by atoms with van der Waals surface area (Å²) in [5.74, 6) is 0.710. The van der Waals surface area contributed by atoms with Crippen LogP contribution in [0.3, 0.4) is 0 Å². The van der Waals surface area contributed by atoms with E-state index in [1.165, 1.54) is 37.1 Å². The normalized spacial score (nSPS) is 20.4. The van der Waals surface area contributed by atoms with Gasteiger partial charge in [-0.25, -0.2) is 0 Å². The van der Waals surface area contributed by atoms with E-state index in [4.69, 9.17) is 5.73 Å². The zero-order valence-electron chi connectivity index (χ0n) is 10.9. The van der Waals surface area contributed by atoms with Crippen LogP contribution in [0.2, 0.25) is 0 Å². The third-order valence-corrected chi connectivity index (χ3v) is 3.71. The van der Waals surface area contributed by atoms with E-state index in [0.29, 0.717) is 12.0 Å². The van der Waals surface area contributed by atoms with Gasteiger partial charge >= 0.3 is 0 Å². The van der Waals surface area contributed by atoms with Crippen LogP contribution in [0.4, 0.5) is 0 Å². The number of piperidine rings is 1. The number of pyridine rings is 1. The maximum absolute atomic E-state index is 5.96. The van der Waals surface area contributed by atoms with Gasteiger partial charge in [0.15, 0.2) is 0 Å². The summed E-state index contributed by atoms with van der Waals surface area (Å²) in [4.78, 5) is 6.76. The van der Waals surface area contributed by atoms with Gasteiger partial charge in [-0.05, 0) is 56.8 Å². The lowest BCUT2D eigenvalue weighted by Crippen LogP contribution is -2.39. The average molecular weight is 233 g/mol. The number of likely N-dealkylation sites (tertiary alicyclic amines) is 1. The summed E-state index contributed by atoms with van der Waals surface area (Å²) in [6.07, 6.45) is 6.35. The summed E-state index contributed by atoms with van der Waals surface area (Å²) in [6, 6.07) is 2.57. The van der Waals surface area contributed by atoms with Crippen LogP contribution in [-0.4, -0.2) is 29.0 Å². The summed E-state index contributed by atoms with van der Waals surface area (Å²) >= 11 is 0. The highest BCUT2D eigenvalue weighted by molar-refractivity contribution is 5.16. The summed E-state index contributed by atoms with van der Waals surface area (Å²) in [5.41, 5.74) is 8.52. The Labute approximate surface area is 104 Å². The highest BCUT2D eigenvalue weighted by atomic mass is 15.1. The second-order valence-corrected chi connectivity index (χ2v) is 5.34. The maximum Gasteiger partial charge on any atom is 0.0313 e. The van der Waals surface area contributed by atoms with E-state index in [2.05, 4.69) is 29.8 Å². The zero-order chi connectivity index (χ0) is 12.3. The Morgan fingerprint density at radius 1 is 1.41 bits per heavy atom. The van der Waals surface area contributed by atoms with E-state index in [-0.39, 0.29) is 0 Å². The highest BCUT2D eigenvalue weighted by Gasteiger charge is 2.21. The summed E-state index contributed by atoms with van der Waals surface area (Å²) in [7, 11) is 0. The minimum atomic E-state index is 0.345. The van der Waals surface area contributed by atoms with Gasteiger partial charge in [0, 0.05) is 25.0 Å². The first-order chi connectivity index (χ1) is 8.15. The summed E-state index contributed by atoms with van der Waals surface area (Å²) < 4.78 is 0. The van der Waals surface area contributed by atoms with Crippen LogP contribution in [0.25, 0.3) is 0 Å². The smallest absolute Gasteiger partial charge is 0.0313 e. The lowest BCUT2D eigenvalue weighted by molar-refractivity contribution is 0.165. The lowest BCUT2D eigenvalue weighted by Gasteiger charge is -2.33. The molecule has 1 aliphatic heterocycles. The van der Waals surface area contributed by atoms with Gasteiger partial charge in [0.25, 0.3) is 0 Å². The van der Waals surface area contributed by atoms with E-state index in [0.717, 1.165) is 6.54 Å². The summed E-state index contributed by atoms with van der Waals surface area (Å²) in [6.45, 7) is 7.59. The first-order valence-electron chi connectivity index (χ1n) is 6.53. The van der Waals surface area contributed by atoms with Crippen LogP contribution in [0, 0.1) is 12.8 Å². The molecule has 17 heavy (non-hydrogen) atoms. The molecule has 0 spiro atoms. The first kappa shape index (κ1) is 12.5. The molecule has 1 aliphatic rings. The van der Waals surface area contributed by atoms with Crippen molar-refractivity contribution in [2.24, 2.45) is 11.7 Å². The molecule has 94 valence electrons. The van der Waals surface area contributed by atoms with Crippen molar-refractivity contribution in [1.29, 1.82) is 0 Å². The van der Waals surface area contributed by atoms with E-state index < -0.39 is 0 Å². The van der Waals surface area contributed by atoms with Crippen molar-refractivity contribution in [1.82, 2.24) is 9.88 Å². The topological polar surface area (TPSA) is 42.2 Å². The fourth-order valence-electron chi connectivity index (χ4n) is 2.60. The minimum absolute atomic E-state index is 0.345. The van der Waals surface area contributed by atoms with Crippen LogP contribution in [0.5, 0.6) is 0 Å². The quantitative estimate of drug-likeness (QED) is 0.867. The molecule has 1 aromatic heterocycles. The van der Waals surface area contributed by atoms with Gasteiger partial charge in [-0.3, -0.25) is 9.88 Å². The Morgan fingerprint density at radius 3 is 2.71 bits per heavy atom. The largest absolute Gasteiger partial charge is 0.328 e. The fraction of sp³-hybridized carbons (Fsp3) is 0.643. The molecule has 2 N–H and O–H groups in total. The summed E-state index contributed by atoms with van der Waals surface area (Å²) in [5, 5.41) is 0. The molecule has 1 atom stereocenters. The second-order valence-electron chi connectivity index (χ2n) is 5.34. The van der Waals surface area contributed by atoms with Crippen molar-refractivity contribution in [2.75, 3.05) is 13.1 Å². The maximum atomic E-state index is 5.96. The number of aryl methyl sites for hydroxylation is 1. The molecule has 3 heteroatoms. The second kappa shape index (κ2) is 5.61. The first-order valence-corrected chi connectivity index (χ1v) is 6.53. The molecule has 1 aromatic rings. The van der Waals surface area contributed by atoms with Crippen LogP contribution >= 0.6 is 0 Å². The number of hydrogen-bond acceptors (Lipinski definition) is 3. The zero-order valence-corrected chi connectivity index (χ0v) is 10.9. The molecule has 0 aromatic carbocycles. The van der Waals surface area contributed by atoms with Crippen LogP contribution < -0.4 is 5.73 Å². The number of nitrogens with zero attached hydrogens (tertiary/aromatic N) is 2. The van der Waals surface area contributed by atoms with Crippen molar-refractivity contribution in [3.8, 4) is 0 Å². The van der Waals surface area contributed by atoms with Crippen molar-refractivity contribution >= 4 is 0 Å². The lowest BCUT2D eigenvalue weighted by atomic mass is 9.91. The Morgan fingerprint density at radius 2 is 2.12 bits per heavy atom. The molecular formula is C14H23N3. The molecule has 0 saturated carbocycles. The Kier molecular flexibility index (Phi) is 4.13. The minimum Gasteiger partial charge on any atom is -0.328 e. The van der Waals surface area contributed by atoms with Crippen LogP contribution in [0.15, 0.2) is 18.5 Å². The van der Waals surface area contributed by atoms with Crippen LogP contribution in [-0.2, 0) is 6.54 Å². The SMILES string of the molecule is Cc1cncc(CN2CCC(C(C)N)CC2)c1. The predicted octanol–water partition coefficient (Wildman–Crippen LogP) is 1.95. The van der Waals surface area contributed by atoms with Crippen molar-refractivity contribution in [3.05, 3.63) is 29.6 Å². The van der Waals surface area contributed by atoms with Gasteiger partial charge in [0.05, 0.1) is 0 Å². The molecule has 2 heterocycles. The van der Waals surface area contributed by atoms with Crippen LogP contribution in [0.1, 0.15) is 30.9 Å². The van der Waals surface area contributed by atoms with Crippen molar-refractivity contribution in [2.45, 2.75) is 39.3 Å². The van der Waals surface area contributed by atoms with Gasteiger partial charge in [-0.2, -0.15) is 0 Å². The van der Waals surface area contributed by atoms with Gasteiger partial charge in [0.2, 0.25) is 0 Å². The molecule has 0 amide bonds. The Hall–Kier alpha value is -0.930. The number of nitrogens with two attached hydrogens (primary N) is 1. The van der Waals surface area contributed by atoms with Crippen molar-refractivity contribution in [3.63, 3.8) is 0 Å². The molecule has 0 radical (unpaired) electrons. The predicted molar refractivity (Wildman–Crippen MR) is 70.6 cm³/mol.